The van der Waals surface area contributed by atoms with Crippen LogP contribution < -0.4 is 0 Å². The Labute approximate surface area is 116 Å². The molecule has 2 nitrogen and oxygen atoms in total. The van der Waals surface area contributed by atoms with Crippen LogP contribution in [0.25, 0.3) is 6.08 Å². The average molecular weight is 259 g/mol. The maximum atomic E-state index is 10.0. The van der Waals surface area contributed by atoms with Crippen molar-refractivity contribution >= 4 is 6.08 Å². The lowest BCUT2D eigenvalue weighted by atomic mass is 9.81. The highest BCUT2D eigenvalue weighted by Crippen LogP contribution is 2.43. The number of aliphatic hydroxyl groups is 1. The zero-order chi connectivity index (χ0) is 14.0. The van der Waals surface area contributed by atoms with Crippen molar-refractivity contribution in [2.24, 2.45) is 5.92 Å². The lowest BCUT2D eigenvalue weighted by Crippen LogP contribution is -2.21. The van der Waals surface area contributed by atoms with Crippen LogP contribution in [-0.4, -0.2) is 36.8 Å². The quantitative estimate of drug-likeness (QED) is 0.878. The number of aliphatic hydroxyl groups excluding tert-OH is 1. The fourth-order valence-corrected chi connectivity index (χ4v) is 3.02. The fourth-order valence-electron chi connectivity index (χ4n) is 3.02. The van der Waals surface area contributed by atoms with Crippen LogP contribution in [0, 0.1) is 5.92 Å². The summed E-state index contributed by atoms with van der Waals surface area (Å²) in [5.41, 5.74) is 3.83. The maximum Gasteiger partial charge on any atom is 0.0731 e. The van der Waals surface area contributed by atoms with Crippen LogP contribution in [0.1, 0.15) is 37.3 Å². The number of hydrogen-bond acceptors (Lipinski definition) is 2. The molecule has 1 aromatic rings. The number of rotatable bonds is 5. The van der Waals surface area contributed by atoms with E-state index in [0.717, 1.165) is 13.0 Å². The summed E-state index contributed by atoms with van der Waals surface area (Å²) in [6.07, 6.45) is 2.96. The molecule has 0 saturated carbocycles. The minimum Gasteiger partial charge on any atom is -0.389 e. The van der Waals surface area contributed by atoms with Gasteiger partial charge in [0.05, 0.1) is 6.10 Å². The van der Waals surface area contributed by atoms with Gasteiger partial charge in [-0.05, 0) is 56.6 Å². The standard InChI is InChI=1S/C17H25NO/c1-12(9-10-18(3)4)17-15-8-6-5-7-14(15)11-16(17)13(2)19/h5-8,11-13,17,19H,9-10H2,1-4H3. The van der Waals surface area contributed by atoms with Gasteiger partial charge in [-0.25, -0.2) is 0 Å². The van der Waals surface area contributed by atoms with E-state index in [1.807, 2.05) is 6.92 Å². The Morgan fingerprint density at radius 1 is 1.21 bits per heavy atom. The first-order valence-electron chi connectivity index (χ1n) is 7.14. The minimum atomic E-state index is -0.362. The van der Waals surface area contributed by atoms with Gasteiger partial charge in [-0.15, -0.1) is 0 Å². The Morgan fingerprint density at radius 3 is 2.53 bits per heavy atom. The van der Waals surface area contributed by atoms with Gasteiger partial charge < -0.3 is 10.0 Å². The van der Waals surface area contributed by atoms with Crippen molar-refractivity contribution in [2.75, 3.05) is 20.6 Å². The first-order valence-corrected chi connectivity index (χ1v) is 7.14. The predicted octanol–water partition coefficient (Wildman–Crippen LogP) is 3.14. The molecular weight excluding hydrogens is 234 g/mol. The SMILES string of the molecule is CC(O)C1=Cc2ccccc2C1C(C)CCN(C)C. The van der Waals surface area contributed by atoms with Crippen LogP contribution in [0.15, 0.2) is 29.8 Å². The second-order valence-corrected chi connectivity index (χ2v) is 6.00. The molecule has 104 valence electrons. The summed E-state index contributed by atoms with van der Waals surface area (Å²) in [5.74, 6) is 0.919. The summed E-state index contributed by atoms with van der Waals surface area (Å²) in [7, 11) is 4.22. The van der Waals surface area contributed by atoms with Crippen LogP contribution >= 0.6 is 0 Å². The molecule has 0 saturated heterocycles. The molecule has 0 aliphatic heterocycles. The monoisotopic (exact) mass is 259 g/mol. The van der Waals surface area contributed by atoms with Gasteiger partial charge in [-0.3, -0.25) is 0 Å². The van der Waals surface area contributed by atoms with E-state index in [1.165, 1.54) is 16.7 Å². The van der Waals surface area contributed by atoms with Gasteiger partial charge in [0.1, 0.15) is 0 Å². The Morgan fingerprint density at radius 2 is 1.89 bits per heavy atom. The van der Waals surface area contributed by atoms with Gasteiger partial charge in [-0.2, -0.15) is 0 Å². The molecule has 0 radical (unpaired) electrons. The van der Waals surface area contributed by atoms with E-state index < -0.39 is 0 Å². The first-order chi connectivity index (χ1) is 9.00. The molecule has 0 bridgehead atoms. The molecule has 19 heavy (non-hydrogen) atoms. The Hall–Kier alpha value is -1.12. The van der Waals surface area contributed by atoms with Crippen molar-refractivity contribution < 1.29 is 5.11 Å². The number of fused-ring (bicyclic) bond motifs is 1. The van der Waals surface area contributed by atoms with Crippen molar-refractivity contribution in [2.45, 2.75) is 32.3 Å². The van der Waals surface area contributed by atoms with Crippen LogP contribution in [-0.2, 0) is 0 Å². The third-order valence-corrected chi connectivity index (χ3v) is 4.10. The Kier molecular flexibility index (Phi) is 4.43. The molecule has 3 unspecified atom stereocenters. The average Bonchev–Trinajstić information content (AvgIpc) is 2.75. The summed E-state index contributed by atoms with van der Waals surface area (Å²) in [6.45, 7) is 5.27. The summed E-state index contributed by atoms with van der Waals surface area (Å²) in [5, 5.41) is 10.0. The van der Waals surface area contributed by atoms with E-state index in [4.69, 9.17) is 0 Å². The second-order valence-electron chi connectivity index (χ2n) is 6.00. The lowest BCUT2D eigenvalue weighted by Gasteiger charge is -2.26. The molecule has 3 atom stereocenters. The highest BCUT2D eigenvalue weighted by Gasteiger charge is 2.31. The fraction of sp³-hybridized carbons (Fsp3) is 0.529. The summed E-state index contributed by atoms with van der Waals surface area (Å²) >= 11 is 0. The summed E-state index contributed by atoms with van der Waals surface area (Å²) in [4.78, 5) is 2.23. The predicted molar refractivity (Wildman–Crippen MR) is 81.2 cm³/mol. The molecule has 0 amide bonds. The van der Waals surface area contributed by atoms with Crippen molar-refractivity contribution in [1.29, 1.82) is 0 Å². The van der Waals surface area contributed by atoms with Gasteiger partial charge in [0, 0.05) is 5.92 Å². The van der Waals surface area contributed by atoms with Gasteiger partial charge in [-0.1, -0.05) is 37.3 Å². The van der Waals surface area contributed by atoms with E-state index in [1.54, 1.807) is 0 Å². The highest BCUT2D eigenvalue weighted by molar-refractivity contribution is 5.67. The van der Waals surface area contributed by atoms with Gasteiger partial charge in [0.25, 0.3) is 0 Å². The van der Waals surface area contributed by atoms with E-state index in [2.05, 4.69) is 56.3 Å². The molecule has 2 heteroatoms. The zero-order valence-corrected chi connectivity index (χ0v) is 12.4. The molecule has 1 aliphatic carbocycles. The topological polar surface area (TPSA) is 23.5 Å². The molecule has 0 heterocycles. The van der Waals surface area contributed by atoms with Crippen molar-refractivity contribution in [3.8, 4) is 0 Å². The maximum absolute atomic E-state index is 10.0. The summed E-state index contributed by atoms with van der Waals surface area (Å²) < 4.78 is 0. The first kappa shape index (κ1) is 14.3. The molecule has 1 aromatic carbocycles. The molecule has 1 aliphatic rings. The second kappa shape index (κ2) is 5.89. The van der Waals surface area contributed by atoms with E-state index in [9.17, 15) is 5.11 Å². The number of benzene rings is 1. The summed E-state index contributed by atoms with van der Waals surface area (Å²) in [6, 6.07) is 8.53. The third kappa shape index (κ3) is 3.07. The normalized spacial score (nSPS) is 21.2. The largest absolute Gasteiger partial charge is 0.389 e. The molecule has 0 spiro atoms. The van der Waals surface area contributed by atoms with Crippen molar-refractivity contribution in [1.82, 2.24) is 4.90 Å². The van der Waals surface area contributed by atoms with E-state index in [-0.39, 0.29) is 6.10 Å². The molecule has 2 rings (SSSR count). The van der Waals surface area contributed by atoms with E-state index in [0.29, 0.717) is 11.8 Å². The zero-order valence-electron chi connectivity index (χ0n) is 12.4. The van der Waals surface area contributed by atoms with Crippen LogP contribution in [0.4, 0.5) is 0 Å². The third-order valence-electron chi connectivity index (χ3n) is 4.10. The van der Waals surface area contributed by atoms with E-state index >= 15 is 0 Å². The van der Waals surface area contributed by atoms with Crippen LogP contribution in [0.5, 0.6) is 0 Å². The highest BCUT2D eigenvalue weighted by atomic mass is 16.3. The molecule has 0 aromatic heterocycles. The molecular formula is C17H25NO. The molecule has 1 N–H and O–H groups in total. The van der Waals surface area contributed by atoms with Crippen LogP contribution in [0.2, 0.25) is 0 Å². The van der Waals surface area contributed by atoms with Crippen molar-refractivity contribution in [3.63, 3.8) is 0 Å². The lowest BCUT2D eigenvalue weighted by molar-refractivity contribution is 0.217. The van der Waals surface area contributed by atoms with Gasteiger partial charge in [0.15, 0.2) is 0 Å². The van der Waals surface area contributed by atoms with Crippen molar-refractivity contribution in [3.05, 3.63) is 41.0 Å². The van der Waals surface area contributed by atoms with Gasteiger partial charge in [0.2, 0.25) is 0 Å². The number of nitrogens with zero attached hydrogens (tertiary/aromatic N) is 1. The minimum absolute atomic E-state index is 0.362. The van der Waals surface area contributed by atoms with Crippen LogP contribution in [0.3, 0.4) is 0 Å². The Bertz CT molecular complexity index is 462. The molecule has 0 fully saturated rings. The van der Waals surface area contributed by atoms with Gasteiger partial charge >= 0.3 is 0 Å². The smallest absolute Gasteiger partial charge is 0.0731 e. The number of hydrogen-bond donors (Lipinski definition) is 1. The Balaban J connectivity index is 2.23.